The van der Waals surface area contributed by atoms with E-state index in [-0.39, 0.29) is 5.76 Å². The van der Waals surface area contributed by atoms with Crippen LogP contribution in [0.15, 0.2) is 59.1 Å². The number of nitriles is 1. The number of aromatic amines is 1. The Hall–Kier alpha value is -4.38. The summed E-state index contributed by atoms with van der Waals surface area (Å²) in [5, 5.41) is 28.3. The number of nitrogens with zero attached hydrogens (tertiary/aromatic N) is 3. The third-order valence-electron chi connectivity index (χ3n) is 4.59. The second-order valence-corrected chi connectivity index (χ2v) is 6.67. The van der Waals surface area contributed by atoms with Crippen LogP contribution in [-0.2, 0) is 6.54 Å². The second-order valence-electron chi connectivity index (χ2n) is 6.67. The number of aromatic carboxylic acids is 1. The Balaban J connectivity index is 1.47. The van der Waals surface area contributed by atoms with Crippen molar-refractivity contribution < 1.29 is 14.3 Å². The number of H-pyrrole nitrogens is 1. The molecule has 0 fully saturated rings. The number of nitrogens with one attached hydrogen (secondary N) is 2. The smallest absolute Gasteiger partial charge is 0.371 e. The van der Waals surface area contributed by atoms with Gasteiger partial charge in [-0.05, 0) is 66.1 Å². The standard InChI is InChI=1S/C22H17N5O3/c1-13-8-14(11-23)2-3-17(13)15-6-7-24-21(9-15)25-12-16-10-18(27-26-16)19-4-5-20(30-19)22(28)29/h2-10H,12H2,1H3,(H,24,25)(H,26,27)(H,28,29). The fraction of sp³-hybridized carbons (Fsp3) is 0.0909. The molecule has 0 bridgehead atoms. The molecule has 0 aliphatic rings. The van der Waals surface area contributed by atoms with Gasteiger partial charge in [0.1, 0.15) is 11.5 Å². The average Bonchev–Trinajstić information content (AvgIpc) is 3.42. The molecule has 8 nitrogen and oxygen atoms in total. The number of hydrogen-bond donors (Lipinski definition) is 3. The molecular weight excluding hydrogens is 382 g/mol. The first kappa shape index (κ1) is 19.0. The maximum Gasteiger partial charge on any atom is 0.371 e. The number of furan rings is 1. The quantitative estimate of drug-likeness (QED) is 0.443. The van der Waals surface area contributed by atoms with Crippen molar-refractivity contribution >= 4 is 11.8 Å². The normalized spacial score (nSPS) is 10.5. The number of hydrogen-bond acceptors (Lipinski definition) is 6. The molecule has 4 aromatic rings. The molecule has 0 saturated heterocycles. The van der Waals surface area contributed by atoms with E-state index in [2.05, 4.69) is 26.6 Å². The molecule has 1 aromatic carbocycles. The van der Waals surface area contributed by atoms with Crippen LogP contribution in [0.25, 0.3) is 22.6 Å². The predicted molar refractivity (Wildman–Crippen MR) is 110 cm³/mol. The van der Waals surface area contributed by atoms with Crippen LogP contribution in [0.3, 0.4) is 0 Å². The van der Waals surface area contributed by atoms with Gasteiger partial charge < -0.3 is 14.8 Å². The van der Waals surface area contributed by atoms with Crippen molar-refractivity contribution in [3.05, 3.63) is 77.3 Å². The Morgan fingerprint density at radius 2 is 2.10 bits per heavy atom. The van der Waals surface area contributed by atoms with E-state index in [1.165, 1.54) is 6.07 Å². The van der Waals surface area contributed by atoms with Gasteiger partial charge in [-0.2, -0.15) is 10.4 Å². The SMILES string of the molecule is Cc1cc(C#N)ccc1-c1ccnc(NCc2cc(-c3ccc(C(=O)O)o3)n[nH]2)c1. The number of carbonyl (C=O) groups is 1. The average molecular weight is 399 g/mol. The van der Waals surface area contributed by atoms with Gasteiger partial charge in [-0.25, -0.2) is 9.78 Å². The Bertz CT molecular complexity index is 1270. The van der Waals surface area contributed by atoms with Crippen LogP contribution in [0.1, 0.15) is 27.4 Å². The first-order valence-electron chi connectivity index (χ1n) is 9.12. The zero-order chi connectivity index (χ0) is 21.1. The molecule has 0 spiro atoms. The molecule has 8 heteroatoms. The van der Waals surface area contributed by atoms with E-state index >= 15 is 0 Å². The fourth-order valence-corrected chi connectivity index (χ4v) is 3.11. The van der Waals surface area contributed by atoms with Crippen molar-refractivity contribution in [1.82, 2.24) is 15.2 Å². The molecule has 0 unspecified atom stereocenters. The molecule has 0 aliphatic heterocycles. The van der Waals surface area contributed by atoms with Gasteiger partial charge in [-0.15, -0.1) is 0 Å². The number of aromatic nitrogens is 3. The fourth-order valence-electron chi connectivity index (χ4n) is 3.11. The maximum absolute atomic E-state index is 10.9. The van der Waals surface area contributed by atoms with Gasteiger partial charge in [0.05, 0.1) is 23.9 Å². The molecule has 3 heterocycles. The van der Waals surface area contributed by atoms with Crippen molar-refractivity contribution in [3.63, 3.8) is 0 Å². The number of carboxylic acid groups (broad SMARTS) is 1. The van der Waals surface area contributed by atoms with E-state index in [1.807, 2.05) is 31.2 Å². The minimum atomic E-state index is -1.12. The summed E-state index contributed by atoms with van der Waals surface area (Å²) in [6.45, 7) is 2.42. The largest absolute Gasteiger partial charge is 0.475 e. The summed E-state index contributed by atoms with van der Waals surface area (Å²) in [6, 6.07) is 16.4. The lowest BCUT2D eigenvalue weighted by Gasteiger charge is -2.09. The Kier molecular flexibility index (Phi) is 5.01. The van der Waals surface area contributed by atoms with Gasteiger partial charge >= 0.3 is 5.97 Å². The van der Waals surface area contributed by atoms with Crippen LogP contribution in [-0.4, -0.2) is 26.3 Å². The highest BCUT2D eigenvalue weighted by Crippen LogP contribution is 2.26. The molecule has 30 heavy (non-hydrogen) atoms. The van der Waals surface area contributed by atoms with Crippen molar-refractivity contribution in [3.8, 4) is 28.7 Å². The lowest BCUT2D eigenvalue weighted by molar-refractivity contribution is 0.0663. The van der Waals surface area contributed by atoms with E-state index in [0.717, 1.165) is 22.4 Å². The van der Waals surface area contributed by atoms with Crippen LogP contribution >= 0.6 is 0 Å². The molecule has 3 N–H and O–H groups in total. The third kappa shape index (κ3) is 3.91. The number of aryl methyl sites for hydroxylation is 1. The molecule has 0 saturated carbocycles. The highest BCUT2D eigenvalue weighted by molar-refractivity contribution is 5.85. The summed E-state index contributed by atoms with van der Waals surface area (Å²) in [4.78, 5) is 15.3. The van der Waals surface area contributed by atoms with Gasteiger partial charge in [0.25, 0.3) is 0 Å². The van der Waals surface area contributed by atoms with Crippen LogP contribution in [0, 0.1) is 18.3 Å². The van der Waals surface area contributed by atoms with E-state index in [9.17, 15) is 4.79 Å². The van der Waals surface area contributed by atoms with Crippen molar-refractivity contribution in [2.75, 3.05) is 5.32 Å². The molecular formula is C22H17N5O3. The van der Waals surface area contributed by atoms with E-state index in [1.54, 1.807) is 24.4 Å². The summed E-state index contributed by atoms with van der Waals surface area (Å²) in [7, 11) is 0. The summed E-state index contributed by atoms with van der Waals surface area (Å²) in [5.41, 5.74) is 5.00. The Morgan fingerprint density at radius 3 is 2.83 bits per heavy atom. The first-order valence-corrected chi connectivity index (χ1v) is 9.12. The zero-order valence-electron chi connectivity index (χ0n) is 16.0. The molecule has 4 rings (SSSR count). The van der Waals surface area contributed by atoms with Crippen LogP contribution in [0.2, 0.25) is 0 Å². The van der Waals surface area contributed by atoms with Gasteiger partial charge in [0, 0.05) is 6.20 Å². The maximum atomic E-state index is 10.9. The van der Waals surface area contributed by atoms with E-state index in [4.69, 9.17) is 14.8 Å². The van der Waals surface area contributed by atoms with Crippen LogP contribution in [0.4, 0.5) is 5.82 Å². The van der Waals surface area contributed by atoms with Gasteiger partial charge in [-0.1, -0.05) is 6.07 Å². The molecule has 0 aliphatic carbocycles. The molecule has 0 amide bonds. The van der Waals surface area contributed by atoms with Crippen molar-refractivity contribution in [2.24, 2.45) is 0 Å². The highest BCUT2D eigenvalue weighted by Gasteiger charge is 2.13. The van der Waals surface area contributed by atoms with Crippen LogP contribution < -0.4 is 5.32 Å². The topological polar surface area (TPSA) is 128 Å². The summed E-state index contributed by atoms with van der Waals surface area (Å²) in [5.74, 6) is -0.182. The van der Waals surface area contributed by atoms with Crippen molar-refractivity contribution in [2.45, 2.75) is 13.5 Å². The van der Waals surface area contributed by atoms with Gasteiger partial charge in [0.2, 0.25) is 5.76 Å². The third-order valence-corrected chi connectivity index (χ3v) is 4.59. The summed E-state index contributed by atoms with van der Waals surface area (Å²) in [6.07, 6.45) is 1.73. The Labute approximate surface area is 171 Å². The number of rotatable bonds is 6. The summed E-state index contributed by atoms with van der Waals surface area (Å²) < 4.78 is 5.26. The number of benzene rings is 1. The first-order chi connectivity index (χ1) is 14.5. The zero-order valence-corrected chi connectivity index (χ0v) is 16.0. The van der Waals surface area contributed by atoms with Crippen LogP contribution in [0.5, 0.6) is 0 Å². The Morgan fingerprint density at radius 1 is 1.23 bits per heavy atom. The molecule has 0 atom stereocenters. The monoisotopic (exact) mass is 399 g/mol. The minimum absolute atomic E-state index is 0.133. The van der Waals surface area contributed by atoms with E-state index in [0.29, 0.717) is 29.4 Å². The minimum Gasteiger partial charge on any atom is -0.475 e. The predicted octanol–water partition coefficient (Wildman–Crippen LogP) is 4.22. The van der Waals surface area contributed by atoms with E-state index < -0.39 is 5.97 Å². The molecule has 148 valence electrons. The lowest BCUT2D eigenvalue weighted by atomic mass is 9.99. The van der Waals surface area contributed by atoms with Gasteiger partial charge in [-0.3, -0.25) is 5.10 Å². The number of anilines is 1. The number of carboxylic acids is 1. The second kappa shape index (κ2) is 7.93. The number of pyridine rings is 1. The molecule has 3 aromatic heterocycles. The lowest BCUT2D eigenvalue weighted by Crippen LogP contribution is -2.01. The van der Waals surface area contributed by atoms with Gasteiger partial charge in [0.15, 0.2) is 5.76 Å². The highest BCUT2D eigenvalue weighted by atomic mass is 16.4. The summed E-state index contributed by atoms with van der Waals surface area (Å²) >= 11 is 0. The molecule has 0 radical (unpaired) electrons. The van der Waals surface area contributed by atoms with Crippen molar-refractivity contribution in [1.29, 1.82) is 5.26 Å².